The third-order valence-electron chi connectivity index (χ3n) is 3.96. The second-order valence-corrected chi connectivity index (χ2v) is 6.53. The van der Waals surface area contributed by atoms with Crippen LogP contribution in [0.2, 0.25) is 0 Å². The normalized spacial score (nSPS) is 15.7. The van der Waals surface area contributed by atoms with Crippen LogP contribution in [0.25, 0.3) is 0 Å². The minimum atomic E-state index is -0.575. The van der Waals surface area contributed by atoms with Gasteiger partial charge in [0.1, 0.15) is 0 Å². The van der Waals surface area contributed by atoms with Gasteiger partial charge in [-0.1, -0.05) is 24.3 Å². The molecule has 0 bridgehead atoms. The standard InChI is InChI=1S/C17H21N3O2S/c21-16(9-18-17(22)19-15-6-8-23-12-15)11-20-7-5-13-3-1-2-4-14(13)10-20/h1-4,6,8,12,16,21H,5,7,9-11H2,(H2,18,19,22). The third-order valence-corrected chi connectivity index (χ3v) is 4.64. The van der Waals surface area contributed by atoms with E-state index in [0.29, 0.717) is 6.54 Å². The Morgan fingerprint density at radius 1 is 1.30 bits per heavy atom. The molecule has 2 amide bonds. The molecule has 122 valence electrons. The molecule has 1 unspecified atom stereocenters. The van der Waals surface area contributed by atoms with Crippen LogP contribution < -0.4 is 10.6 Å². The van der Waals surface area contributed by atoms with Gasteiger partial charge in [0.25, 0.3) is 0 Å². The first-order valence-electron chi connectivity index (χ1n) is 7.75. The van der Waals surface area contributed by atoms with Crippen LogP contribution in [0.3, 0.4) is 0 Å². The zero-order chi connectivity index (χ0) is 16.1. The maximum absolute atomic E-state index is 11.7. The van der Waals surface area contributed by atoms with Gasteiger partial charge in [0.15, 0.2) is 0 Å². The van der Waals surface area contributed by atoms with E-state index in [0.717, 1.165) is 25.2 Å². The molecule has 1 aliphatic rings. The monoisotopic (exact) mass is 331 g/mol. The quantitative estimate of drug-likeness (QED) is 0.788. The van der Waals surface area contributed by atoms with Gasteiger partial charge >= 0.3 is 6.03 Å². The minimum Gasteiger partial charge on any atom is -0.390 e. The maximum atomic E-state index is 11.7. The smallest absolute Gasteiger partial charge is 0.319 e. The highest BCUT2D eigenvalue weighted by Crippen LogP contribution is 2.18. The van der Waals surface area contributed by atoms with Crippen molar-refractivity contribution in [1.29, 1.82) is 0 Å². The summed E-state index contributed by atoms with van der Waals surface area (Å²) in [5.41, 5.74) is 3.50. The highest BCUT2D eigenvalue weighted by molar-refractivity contribution is 7.08. The summed E-state index contributed by atoms with van der Waals surface area (Å²) in [6.45, 7) is 2.60. The summed E-state index contributed by atoms with van der Waals surface area (Å²) in [5.74, 6) is 0. The van der Waals surface area contributed by atoms with E-state index in [-0.39, 0.29) is 12.6 Å². The van der Waals surface area contributed by atoms with Crippen LogP contribution >= 0.6 is 11.3 Å². The first-order chi connectivity index (χ1) is 11.2. The lowest BCUT2D eigenvalue weighted by Crippen LogP contribution is -2.42. The number of carbonyl (C=O) groups excluding carboxylic acids is 1. The number of carbonyl (C=O) groups is 1. The molecule has 0 spiro atoms. The van der Waals surface area contributed by atoms with Crippen LogP contribution in [-0.4, -0.2) is 41.8 Å². The molecule has 6 heteroatoms. The number of anilines is 1. The highest BCUT2D eigenvalue weighted by Gasteiger charge is 2.18. The summed E-state index contributed by atoms with van der Waals surface area (Å²) >= 11 is 1.53. The fourth-order valence-electron chi connectivity index (χ4n) is 2.79. The van der Waals surface area contributed by atoms with E-state index in [1.54, 1.807) is 0 Å². The van der Waals surface area contributed by atoms with Crippen molar-refractivity contribution >= 4 is 23.1 Å². The van der Waals surface area contributed by atoms with E-state index < -0.39 is 6.10 Å². The Morgan fingerprint density at radius 2 is 2.13 bits per heavy atom. The predicted octanol–water partition coefficient (Wildman–Crippen LogP) is 2.29. The molecule has 3 N–H and O–H groups in total. The minimum absolute atomic E-state index is 0.244. The molecule has 5 nitrogen and oxygen atoms in total. The van der Waals surface area contributed by atoms with Crippen molar-refractivity contribution in [2.45, 2.75) is 19.1 Å². The third kappa shape index (κ3) is 4.54. The molecule has 0 saturated carbocycles. The zero-order valence-electron chi connectivity index (χ0n) is 12.9. The number of aliphatic hydroxyl groups excluding tert-OH is 1. The van der Waals surface area contributed by atoms with Crippen molar-refractivity contribution in [2.75, 3.05) is 25.0 Å². The van der Waals surface area contributed by atoms with Crippen molar-refractivity contribution in [1.82, 2.24) is 10.2 Å². The second kappa shape index (κ2) is 7.59. The number of benzene rings is 1. The van der Waals surface area contributed by atoms with Gasteiger partial charge in [0.2, 0.25) is 0 Å². The number of aliphatic hydroxyl groups is 1. The number of urea groups is 1. The number of fused-ring (bicyclic) bond motifs is 1. The Labute approximate surface area is 139 Å². The van der Waals surface area contributed by atoms with Gasteiger partial charge < -0.3 is 15.7 Å². The fourth-order valence-corrected chi connectivity index (χ4v) is 3.38. The predicted molar refractivity (Wildman–Crippen MR) is 92.8 cm³/mol. The second-order valence-electron chi connectivity index (χ2n) is 5.75. The van der Waals surface area contributed by atoms with Crippen LogP contribution in [0.5, 0.6) is 0 Å². The van der Waals surface area contributed by atoms with E-state index in [4.69, 9.17) is 0 Å². The van der Waals surface area contributed by atoms with Gasteiger partial charge in [0.05, 0.1) is 11.8 Å². The molecule has 0 fully saturated rings. The topological polar surface area (TPSA) is 64.6 Å². The molecule has 23 heavy (non-hydrogen) atoms. The van der Waals surface area contributed by atoms with E-state index in [1.165, 1.54) is 22.5 Å². The molecule has 1 atom stereocenters. The van der Waals surface area contributed by atoms with Crippen molar-refractivity contribution in [3.05, 3.63) is 52.2 Å². The average Bonchev–Trinajstić information content (AvgIpc) is 3.06. The first-order valence-corrected chi connectivity index (χ1v) is 8.69. The van der Waals surface area contributed by atoms with Crippen molar-refractivity contribution < 1.29 is 9.90 Å². The number of thiophene rings is 1. The molecule has 0 saturated heterocycles. The van der Waals surface area contributed by atoms with Crippen molar-refractivity contribution in [3.8, 4) is 0 Å². The van der Waals surface area contributed by atoms with Gasteiger partial charge in [-0.25, -0.2) is 4.79 Å². The average molecular weight is 331 g/mol. The summed E-state index contributed by atoms with van der Waals surface area (Å²) in [7, 11) is 0. The van der Waals surface area contributed by atoms with Crippen LogP contribution in [0.4, 0.5) is 10.5 Å². The Kier molecular flexibility index (Phi) is 5.27. The van der Waals surface area contributed by atoms with Crippen LogP contribution in [-0.2, 0) is 13.0 Å². The lowest BCUT2D eigenvalue weighted by molar-refractivity contribution is 0.106. The zero-order valence-corrected chi connectivity index (χ0v) is 13.7. The molecule has 1 aliphatic heterocycles. The van der Waals surface area contributed by atoms with Crippen molar-refractivity contribution in [2.24, 2.45) is 0 Å². The van der Waals surface area contributed by atoms with E-state index in [2.05, 4.69) is 39.8 Å². The van der Waals surface area contributed by atoms with E-state index >= 15 is 0 Å². The number of nitrogens with zero attached hydrogens (tertiary/aromatic N) is 1. The molecule has 1 aromatic carbocycles. The maximum Gasteiger partial charge on any atom is 0.319 e. The summed E-state index contributed by atoms with van der Waals surface area (Å²) < 4.78 is 0. The first kappa shape index (κ1) is 16.0. The highest BCUT2D eigenvalue weighted by atomic mass is 32.1. The fraction of sp³-hybridized carbons (Fsp3) is 0.353. The van der Waals surface area contributed by atoms with Crippen molar-refractivity contribution in [3.63, 3.8) is 0 Å². The number of β-amino-alcohol motifs (C(OH)–C–C–N with tert-alkyl or cyclic N) is 1. The number of hydrogen-bond donors (Lipinski definition) is 3. The SMILES string of the molecule is O=C(NCC(O)CN1CCc2ccccc2C1)Nc1ccsc1. The molecule has 2 aromatic rings. The molecule has 2 heterocycles. The largest absolute Gasteiger partial charge is 0.390 e. The Balaban J connectivity index is 1.41. The van der Waals surface area contributed by atoms with Crippen LogP contribution in [0, 0.1) is 0 Å². The molecular weight excluding hydrogens is 310 g/mol. The number of nitrogens with one attached hydrogen (secondary N) is 2. The Hall–Kier alpha value is -1.89. The molecular formula is C17H21N3O2S. The molecule has 0 aliphatic carbocycles. The summed E-state index contributed by atoms with van der Waals surface area (Å²) in [5, 5.41) is 19.3. The van der Waals surface area contributed by atoms with E-state index in [9.17, 15) is 9.90 Å². The number of rotatable bonds is 5. The van der Waals surface area contributed by atoms with Gasteiger partial charge in [-0.15, -0.1) is 0 Å². The Bertz CT molecular complexity index is 645. The number of hydrogen-bond acceptors (Lipinski definition) is 4. The lowest BCUT2D eigenvalue weighted by atomic mass is 10.00. The summed E-state index contributed by atoms with van der Waals surface area (Å²) in [4.78, 5) is 14.0. The van der Waals surface area contributed by atoms with Gasteiger partial charge in [-0.2, -0.15) is 11.3 Å². The molecule has 1 aromatic heterocycles. The molecule has 0 radical (unpaired) electrons. The summed E-state index contributed by atoms with van der Waals surface area (Å²) in [6, 6.07) is 9.98. The van der Waals surface area contributed by atoms with Gasteiger partial charge in [0, 0.05) is 31.6 Å². The lowest BCUT2D eigenvalue weighted by Gasteiger charge is -2.30. The Morgan fingerprint density at radius 3 is 2.91 bits per heavy atom. The summed E-state index contributed by atoms with van der Waals surface area (Å²) in [6.07, 6.45) is 0.433. The van der Waals surface area contributed by atoms with Gasteiger partial charge in [-0.05, 0) is 29.0 Å². The van der Waals surface area contributed by atoms with E-state index in [1.807, 2.05) is 16.8 Å². The van der Waals surface area contributed by atoms with Gasteiger partial charge in [-0.3, -0.25) is 4.90 Å². The molecule has 3 rings (SSSR count). The van der Waals surface area contributed by atoms with Crippen LogP contribution in [0.15, 0.2) is 41.1 Å². The van der Waals surface area contributed by atoms with Crippen LogP contribution in [0.1, 0.15) is 11.1 Å². The number of amides is 2.